The number of hydrogen-bond donors (Lipinski definition) is 4. The maximum Gasteiger partial charge on any atom is 0.223 e. The zero-order valence-corrected chi connectivity index (χ0v) is 13.6. The highest BCUT2D eigenvalue weighted by molar-refractivity contribution is 9.11. The SMILES string of the molecule is COc1cc(Nc2cc(NN)nc(N)n2)c(Br)cc1Br. The molecule has 2 aromatic rings. The van der Waals surface area contributed by atoms with Crippen molar-refractivity contribution in [3.63, 3.8) is 0 Å². The summed E-state index contributed by atoms with van der Waals surface area (Å²) >= 11 is 6.87. The number of methoxy groups -OCH3 is 1. The molecule has 0 radical (unpaired) electrons. The lowest BCUT2D eigenvalue weighted by Crippen LogP contribution is -2.11. The number of hydrogen-bond acceptors (Lipinski definition) is 7. The summed E-state index contributed by atoms with van der Waals surface area (Å²) in [6.07, 6.45) is 0. The Kier molecular flexibility index (Phi) is 4.63. The molecule has 1 heterocycles. The van der Waals surface area contributed by atoms with Crippen molar-refractivity contribution >= 4 is 55.1 Å². The number of rotatable bonds is 4. The smallest absolute Gasteiger partial charge is 0.223 e. The molecule has 0 bridgehead atoms. The standard InChI is InChI=1S/C11H12Br2N6O/c1-20-8-3-7(5(12)2-6(8)13)16-9-4-10(19-15)18-11(14)17-9/h2-4H,15H2,1H3,(H4,14,16,17,18,19). The minimum absolute atomic E-state index is 0.114. The van der Waals surface area contributed by atoms with E-state index in [4.69, 9.17) is 16.3 Å². The van der Waals surface area contributed by atoms with Crippen LogP contribution >= 0.6 is 31.9 Å². The van der Waals surface area contributed by atoms with Crippen LogP contribution in [0.15, 0.2) is 27.1 Å². The molecule has 0 saturated heterocycles. The van der Waals surface area contributed by atoms with E-state index in [0.717, 1.165) is 14.6 Å². The summed E-state index contributed by atoms with van der Waals surface area (Å²) in [4.78, 5) is 7.99. The lowest BCUT2D eigenvalue weighted by atomic mass is 10.3. The third kappa shape index (κ3) is 3.30. The van der Waals surface area contributed by atoms with Crippen LogP contribution in [-0.2, 0) is 0 Å². The Morgan fingerprint density at radius 2 is 1.80 bits per heavy atom. The van der Waals surface area contributed by atoms with Crippen LogP contribution in [0.1, 0.15) is 0 Å². The summed E-state index contributed by atoms with van der Waals surface area (Å²) < 4.78 is 6.92. The molecule has 0 fully saturated rings. The van der Waals surface area contributed by atoms with E-state index >= 15 is 0 Å². The highest BCUT2D eigenvalue weighted by atomic mass is 79.9. The van der Waals surface area contributed by atoms with Crippen LogP contribution in [0.2, 0.25) is 0 Å². The minimum atomic E-state index is 0.114. The molecule has 0 aliphatic heterocycles. The third-order valence-electron chi connectivity index (χ3n) is 2.40. The second-order valence-corrected chi connectivity index (χ2v) is 5.44. The summed E-state index contributed by atoms with van der Waals surface area (Å²) in [5, 5.41) is 3.12. The van der Waals surface area contributed by atoms with Crippen molar-refractivity contribution in [3.8, 4) is 5.75 Å². The summed E-state index contributed by atoms with van der Waals surface area (Å²) in [7, 11) is 1.59. The number of nitrogen functional groups attached to an aromatic ring is 2. The molecule has 0 aliphatic carbocycles. The van der Waals surface area contributed by atoms with Gasteiger partial charge >= 0.3 is 0 Å². The molecule has 0 saturated carbocycles. The number of nitrogens with zero attached hydrogens (tertiary/aromatic N) is 2. The Hall–Kier alpha value is -1.58. The molecule has 0 spiro atoms. The molecule has 20 heavy (non-hydrogen) atoms. The fourth-order valence-corrected chi connectivity index (χ4v) is 2.78. The average Bonchev–Trinajstić information content (AvgIpc) is 2.41. The maximum absolute atomic E-state index is 5.61. The van der Waals surface area contributed by atoms with Crippen LogP contribution < -0.4 is 27.1 Å². The zero-order valence-electron chi connectivity index (χ0n) is 10.4. The molecule has 0 unspecified atom stereocenters. The molecule has 7 nitrogen and oxygen atoms in total. The highest BCUT2D eigenvalue weighted by Crippen LogP contribution is 2.35. The number of anilines is 4. The molecule has 106 valence electrons. The van der Waals surface area contributed by atoms with Gasteiger partial charge in [0.25, 0.3) is 0 Å². The second kappa shape index (κ2) is 6.25. The molecule has 2 rings (SSSR count). The van der Waals surface area contributed by atoms with Crippen molar-refractivity contribution in [1.82, 2.24) is 9.97 Å². The van der Waals surface area contributed by atoms with Crippen LogP contribution in [0.5, 0.6) is 5.75 Å². The van der Waals surface area contributed by atoms with Crippen LogP contribution in [0, 0.1) is 0 Å². The number of nitrogens with two attached hydrogens (primary N) is 2. The van der Waals surface area contributed by atoms with E-state index in [1.54, 1.807) is 13.2 Å². The first-order valence-corrected chi connectivity index (χ1v) is 7.03. The van der Waals surface area contributed by atoms with E-state index in [1.807, 2.05) is 12.1 Å². The first kappa shape index (κ1) is 14.8. The summed E-state index contributed by atoms with van der Waals surface area (Å²) in [6.45, 7) is 0. The normalized spacial score (nSPS) is 10.2. The molecule has 0 amide bonds. The Morgan fingerprint density at radius 3 is 2.45 bits per heavy atom. The number of ether oxygens (including phenoxy) is 1. The predicted molar refractivity (Wildman–Crippen MR) is 85.9 cm³/mol. The maximum atomic E-state index is 5.61. The summed E-state index contributed by atoms with van der Waals surface area (Å²) in [5.74, 6) is 7.05. The Morgan fingerprint density at radius 1 is 1.10 bits per heavy atom. The van der Waals surface area contributed by atoms with Gasteiger partial charge < -0.3 is 21.2 Å². The van der Waals surface area contributed by atoms with Gasteiger partial charge in [-0.05, 0) is 37.9 Å². The molecule has 9 heteroatoms. The first-order valence-electron chi connectivity index (χ1n) is 5.44. The van der Waals surface area contributed by atoms with Gasteiger partial charge in [0.05, 0.1) is 17.3 Å². The second-order valence-electron chi connectivity index (χ2n) is 3.73. The van der Waals surface area contributed by atoms with E-state index in [0.29, 0.717) is 17.4 Å². The van der Waals surface area contributed by atoms with E-state index < -0.39 is 0 Å². The van der Waals surface area contributed by atoms with E-state index in [9.17, 15) is 0 Å². The number of benzene rings is 1. The van der Waals surface area contributed by atoms with Gasteiger partial charge in [-0.15, -0.1) is 0 Å². The third-order valence-corrected chi connectivity index (χ3v) is 3.67. The number of aromatic nitrogens is 2. The number of hydrazine groups is 1. The monoisotopic (exact) mass is 402 g/mol. The Bertz CT molecular complexity index is 637. The van der Waals surface area contributed by atoms with Crippen LogP contribution in [-0.4, -0.2) is 17.1 Å². The molecular formula is C11H12Br2N6O. The van der Waals surface area contributed by atoms with Crippen LogP contribution in [0.4, 0.5) is 23.3 Å². The lowest BCUT2D eigenvalue weighted by Gasteiger charge is -2.12. The van der Waals surface area contributed by atoms with Gasteiger partial charge in [-0.2, -0.15) is 9.97 Å². The van der Waals surface area contributed by atoms with Crippen molar-refractivity contribution in [3.05, 3.63) is 27.1 Å². The number of nitrogens with one attached hydrogen (secondary N) is 2. The van der Waals surface area contributed by atoms with Crippen molar-refractivity contribution in [2.75, 3.05) is 23.6 Å². The van der Waals surface area contributed by atoms with Gasteiger partial charge in [0.1, 0.15) is 17.4 Å². The van der Waals surface area contributed by atoms with Gasteiger partial charge in [0.15, 0.2) is 0 Å². The fraction of sp³-hybridized carbons (Fsp3) is 0.0909. The van der Waals surface area contributed by atoms with Crippen molar-refractivity contribution in [2.24, 2.45) is 5.84 Å². The minimum Gasteiger partial charge on any atom is -0.495 e. The van der Waals surface area contributed by atoms with Gasteiger partial charge in [-0.3, -0.25) is 0 Å². The van der Waals surface area contributed by atoms with Crippen molar-refractivity contribution in [1.29, 1.82) is 0 Å². The first-order chi connectivity index (χ1) is 9.53. The fourth-order valence-electron chi connectivity index (χ4n) is 1.52. The molecule has 1 aromatic heterocycles. The lowest BCUT2D eigenvalue weighted by molar-refractivity contribution is 0.412. The largest absolute Gasteiger partial charge is 0.495 e. The van der Waals surface area contributed by atoms with Gasteiger partial charge in [-0.25, -0.2) is 5.84 Å². The summed E-state index contributed by atoms with van der Waals surface area (Å²) in [5.41, 5.74) is 8.80. The topological polar surface area (TPSA) is 111 Å². The average molecular weight is 404 g/mol. The van der Waals surface area contributed by atoms with E-state index in [1.165, 1.54) is 0 Å². The van der Waals surface area contributed by atoms with Gasteiger partial charge in [0.2, 0.25) is 5.95 Å². The van der Waals surface area contributed by atoms with E-state index in [2.05, 4.69) is 52.6 Å². The van der Waals surface area contributed by atoms with Gasteiger partial charge in [-0.1, -0.05) is 0 Å². The van der Waals surface area contributed by atoms with Crippen molar-refractivity contribution in [2.45, 2.75) is 0 Å². The van der Waals surface area contributed by atoms with Crippen molar-refractivity contribution < 1.29 is 4.74 Å². The Balaban J connectivity index is 2.36. The van der Waals surface area contributed by atoms with E-state index in [-0.39, 0.29) is 5.95 Å². The molecular weight excluding hydrogens is 392 g/mol. The molecule has 0 aliphatic rings. The Labute approximate surface area is 132 Å². The predicted octanol–water partition coefficient (Wildman–Crippen LogP) is 2.62. The van der Waals surface area contributed by atoms with Crippen LogP contribution in [0.3, 0.4) is 0 Å². The molecule has 1 aromatic carbocycles. The summed E-state index contributed by atoms with van der Waals surface area (Å²) in [6, 6.07) is 5.33. The molecule has 6 N–H and O–H groups in total. The highest BCUT2D eigenvalue weighted by Gasteiger charge is 2.09. The number of halogens is 2. The van der Waals surface area contributed by atoms with Crippen LogP contribution in [0.25, 0.3) is 0 Å². The zero-order chi connectivity index (χ0) is 14.7. The molecule has 0 atom stereocenters. The van der Waals surface area contributed by atoms with Gasteiger partial charge in [0, 0.05) is 16.6 Å². The quantitative estimate of drug-likeness (QED) is 0.458.